The van der Waals surface area contributed by atoms with Gasteiger partial charge in [0.15, 0.2) is 0 Å². The van der Waals surface area contributed by atoms with Crippen molar-refractivity contribution in [1.82, 2.24) is 0 Å². The van der Waals surface area contributed by atoms with Gasteiger partial charge in [-0.25, -0.2) is 8.78 Å². The standard InChI is InChI=1S/C11H16F2N2O2/c1-11(17,6-16)5-15-9-3-2-7(14)4-8(9)10(12)13/h2-4,10,15-17H,5-6,14H2,1H3. The number of nitrogens with two attached hydrogens (primary N) is 1. The van der Waals surface area contributed by atoms with E-state index >= 15 is 0 Å². The molecule has 0 bridgehead atoms. The van der Waals surface area contributed by atoms with E-state index in [0.29, 0.717) is 0 Å². The van der Waals surface area contributed by atoms with E-state index in [4.69, 9.17) is 10.8 Å². The molecule has 1 aromatic carbocycles. The zero-order valence-electron chi connectivity index (χ0n) is 9.45. The fraction of sp³-hybridized carbons (Fsp3) is 0.455. The number of halogens is 2. The Hall–Kier alpha value is -1.40. The molecule has 0 saturated heterocycles. The van der Waals surface area contributed by atoms with E-state index in [9.17, 15) is 13.9 Å². The van der Waals surface area contributed by atoms with Crippen LogP contribution in [-0.2, 0) is 0 Å². The third-order valence-electron chi connectivity index (χ3n) is 2.31. The van der Waals surface area contributed by atoms with E-state index in [-0.39, 0.29) is 23.5 Å². The monoisotopic (exact) mass is 246 g/mol. The highest BCUT2D eigenvalue weighted by Gasteiger charge is 2.20. The average Bonchev–Trinajstić information content (AvgIpc) is 2.27. The zero-order chi connectivity index (χ0) is 13.1. The summed E-state index contributed by atoms with van der Waals surface area (Å²) in [6, 6.07) is 4.09. The van der Waals surface area contributed by atoms with Crippen LogP contribution in [0.3, 0.4) is 0 Å². The van der Waals surface area contributed by atoms with Gasteiger partial charge in [0.2, 0.25) is 0 Å². The number of aliphatic hydroxyl groups excluding tert-OH is 1. The van der Waals surface area contributed by atoms with Crippen molar-refractivity contribution in [3.05, 3.63) is 23.8 Å². The van der Waals surface area contributed by atoms with Crippen LogP contribution in [0.25, 0.3) is 0 Å². The van der Waals surface area contributed by atoms with E-state index in [0.717, 1.165) is 0 Å². The SMILES string of the molecule is CC(O)(CO)CNc1ccc(N)cc1C(F)F. The normalized spacial score (nSPS) is 14.7. The summed E-state index contributed by atoms with van der Waals surface area (Å²) in [5.74, 6) is 0. The van der Waals surface area contributed by atoms with Crippen LogP contribution in [0.4, 0.5) is 20.2 Å². The fourth-order valence-corrected chi connectivity index (χ4v) is 1.26. The summed E-state index contributed by atoms with van der Waals surface area (Å²) in [6.07, 6.45) is -2.65. The molecule has 6 heteroatoms. The molecule has 0 saturated carbocycles. The molecule has 0 fully saturated rings. The van der Waals surface area contributed by atoms with Crippen LogP contribution < -0.4 is 11.1 Å². The minimum atomic E-state index is -2.65. The number of benzene rings is 1. The number of anilines is 2. The molecule has 0 amide bonds. The van der Waals surface area contributed by atoms with Gasteiger partial charge in [-0.15, -0.1) is 0 Å². The first kappa shape index (κ1) is 13.7. The quantitative estimate of drug-likeness (QED) is 0.591. The minimum Gasteiger partial charge on any atom is -0.399 e. The number of nitrogen functional groups attached to an aromatic ring is 1. The first-order chi connectivity index (χ1) is 7.85. The molecule has 4 nitrogen and oxygen atoms in total. The summed E-state index contributed by atoms with van der Waals surface area (Å²) in [7, 11) is 0. The summed E-state index contributed by atoms with van der Waals surface area (Å²) >= 11 is 0. The summed E-state index contributed by atoms with van der Waals surface area (Å²) in [6.45, 7) is 0.908. The van der Waals surface area contributed by atoms with Gasteiger partial charge >= 0.3 is 0 Å². The van der Waals surface area contributed by atoms with E-state index in [1.54, 1.807) is 0 Å². The molecular formula is C11H16F2N2O2. The Labute approximate surface area is 98.1 Å². The lowest BCUT2D eigenvalue weighted by Crippen LogP contribution is -2.37. The molecule has 96 valence electrons. The Bertz CT molecular complexity index is 384. The molecule has 0 heterocycles. The Morgan fingerprint density at radius 1 is 1.47 bits per heavy atom. The van der Waals surface area contributed by atoms with E-state index in [1.807, 2.05) is 0 Å². The molecule has 0 aliphatic heterocycles. The van der Waals surface area contributed by atoms with Crippen LogP contribution in [0.5, 0.6) is 0 Å². The summed E-state index contributed by atoms with van der Waals surface area (Å²) in [5, 5.41) is 21.0. The van der Waals surface area contributed by atoms with Crippen LogP contribution in [-0.4, -0.2) is 29.0 Å². The number of hydrogen-bond donors (Lipinski definition) is 4. The van der Waals surface area contributed by atoms with E-state index in [2.05, 4.69) is 5.32 Å². The first-order valence-electron chi connectivity index (χ1n) is 5.10. The Balaban J connectivity index is 2.84. The Morgan fingerprint density at radius 3 is 2.65 bits per heavy atom. The minimum absolute atomic E-state index is 0.0346. The van der Waals surface area contributed by atoms with E-state index < -0.39 is 18.6 Å². The molecule has 1 rings (SSSR count). The van der Waals surface area contributed by atoms with Crippen molar-refractivity contribution in [2.75, 3.05) is 24.2 Å². The van der Waals surface area contributed by atoms with Crippen molar-refractivity contribution in [3.8, 4) is 0 Å². The molecule has 0 radical (unpaired) electrons. The lowest BCUT2D eigenvalue weighted by Gasteiger charge is -2.22. The van der Waals surface area contributed by atoms with Crippen molar-refractivity contribution in [1.29, 1.82) is 0 Å². The molecule has 1 aromatic rings. The first-order valence-corrected chi connectivity index (χ1v) is 5.10. The average molecular weight is 246 g/mol. The Morgan fingerprint density at radius 2 is 2.12 bits per heavy atom. The van der Waals surface area contributed by atoms with Crippen LogP contribution in [0.15, 0.2) is 18.2 Å². The van der Waals surface area contributed by atoms with Gasteiger partial charge < -0.3 is 21.3 Å². The zero-order valence-corrected chi connectivity index (χ0v) is 9.45. The molecule has 0 aliphatic carbocycles. The van der Waals surface area contributed by atoms with Gasteiger partial charge in [0.25, 0.3) is 6.43 Å². The lowest BCUT2D eigenvalue weighted by molar-refractivity contribution is 0.0131. The van der Waals surface area contributed by atoms with Gasteiger partial charge in [-0.2, -0.15) is 0 Å². The molecule has 0 aromatic heterocycles. The highest BCUT2D eigenvalue weighted by atomic mass is 19.3. The topological polar surface area (TPSA) is 78.5 Å². The molecule has 5 N–H and O–H groups in total. The number of nitrogens with one attached hydrogen (secondary N) is 1. The predicted octanol–water partition coefficient (Wildman–Crippen LogP) is 1.36. The van der Waals surface area contributed by atoms with E-state index in [1.165, 1.54) is 25.1 Å². The second-order valence-electron chi connectivity index (χ2n) is 4.16. The molecule has 0 spiro atoms. The third kappa shape index (κ3) is 3.83. The second-order valence-corrected chi connectivity index (χ2v) is 4.16. The Kier molecular flexibility index (Phi) is 4.25. The van der Waals surface area contributed by atoms with Crippen molar-refractivity contribution in [3.63, 3.8) is 0 Å². The van der Waals surface area contributed by atoms with Crippen molar-refractivity contribution >= 4 is 11.4 Å². The largest absolute Gasteiger partial charge is 0.399 e. The van der Waals surface area contributed by atoms with Gasteiger partial charge in [0.1, 0.15) is 5.60 Å². The van der Waals surface area contributed by atoms with Gasteiger partial charge in [-0.3, -0.25) is 0 Å². The summed E-state index contributed by atoms with van der Waals surface area (Å²) in [5.41, 5.74) is 4.29. The van der Waals surface area contributed by atoms with Crippen molar-refractivity contribution in [2.45, 2.75) is 19.0 Å². The van der Waals surface area contributed by atoms with Crippen LogP contribution >= 0.6 is 0 Å². The maximum absolute atomic E-state index is 12.7. The molecule has 1 unspecified atom stereocenters. The maximum atomic E-state index is 12.7. The van der Waals surface area contributed by atoms with Crippen molar-refractivity contribution in [2.24, 2.45) is 0 Å². The van der Waals surface area contributed by atoms with Gasteiger partial charge in [-0.05, 0) is 25.1 Å². The fourth-order valence-electron chi connectivity index (χ4n) is 1.26. The smallest absolute Gasteiger partial charge is 0.265 e. The number of aliphatic hydroxyl groups is 2. The third-order valence-corrected chi connectivity index (χ3v) is 2.31. The van der Waals surface area contributed by atoms with Gasteiger partial charge in [0, 0.05) is 23.5 Å². The highest BCUT2D eigenvalue weighted by Crippen LogP contribution is 2.29. The van der Waals surface area contributed by atoms with Gasteiger partial charge in [-0.1, -0.05) is 0 Å². The van der Waals surface area contributed by atoms with Crippen molar-refractivity contribution < 1.29 is 19.0 Å². The summed E-state index contributed by atoms with van der Waals surface area (Å²) < 4.78 is 25.4. The number of rotatable bonds is 5. The molecular weight excluding hydrogens is 230 g/mol. The van der Waals surface area contributed by atoms with Crippen LogP contribution in [0.2, 0.25) is 0 Å². The van der Waals surface area contributed by atoms with Crippen LogP contribution in [0, 0.1) is 0 Å². The summed E-state index contributed by atoms with van der Waals surface area (Å²) in [4.78, 5) is 0. The predicted molar refractivity (Wildman–Crippen MR) is 62.0 cm³/mol. The molecule has 1 atom stereocenters. The number of alkyl halides is 2. The number of hydrogen-bond acceptors (Lipinski definition) is 4. The molecule has 0 aliphatic rings. The maximum Gasteiger partial charge on any atom is 0.265 e. The highest BCUT2D eigenvalue weighted by molar-refractivity contribution is 5.58. The van der Waals surface area contributed by atoms with Crippen LogP contribution in [0.1, 0.15) is 18.9 Å². The molecule has 17 heavy (non-hydrogen) atoms. The van der Waals surface area contributed by atoms with Gasteiger partial charge in [0.05, 0.1) is 6.61 Å². The second kappa shape index (κ2) is 5.29. The lowest BCUT2D eigenvalue weighted by atomic mass is 10.1.